The van der Waals surface area contributed by atoms with Gasteiger partial charge in [-0.05, 0) is 50.2 Å². The van der Waals surface area contributed by atoms with E-state index in [0.29, 0.717) is 18.7 Å². The van der Waals surface area contributed by atoms with Crippen molar-refractivity contribution in [2.24, 2.45) is 0 Å². The van der Waals surface area contributed by atoms with Crippen LogP contribution in [-0.4, -0.2) is 56.4 Å². The molecule has 0 aliphatic carbocycles. The second-order valence-electron chi connectivity index (χ2n) is 8.40. The summed E-state index contributed by atoms with van der Waals surface area (Å²) in [6.07, 6.45) is 0.291. The summed E-state index contributed by atoms with van der Waals surface area (Å²) in [5.74, 6) is 0.0539. The van der Waals surface area contributed by atoms with Crippen LogP contribution in [0.4, 0.5) is 17.1 Å². The van der Waals surface area contributed by atoms with Crippen LogP contribution in [-0.2, 0) is 9.59 Å². The normalized spacial score (nSPS) is 19.4. The Hall–Kier alpha value is -3.19. The third-order valence-electron chi connectivity index (χ3n) is 6.14. The number of Topliss-reactive ketones (excluding diaryl/α,β-unsaturated/α-hetero) is 1. The smallest absolute Gasteiger partial charge is 0.282 e. The maximum Gasteiger partial charge on any atom is 0.282 e. The minimum atomic E-state index is -0.184. The van der Waals surface area contributed by atoms with E-state index in [2.05, 4.69) is 10.2 Å². The highest BCUT2D eigenvalue weighted by Gasteiger charge is 2.32. The van der Waals surface area contributed by atoms with Crippen LogP contribution in [0.3, 0.4) is 0 Å². The predicted molar refractivity (Wildman–Crippen MR) is 121 cm³/mol. The molecule has 2 N–H and O–H groups in total. The van der Waals surface area contributed by atoms with Crippen molar-refractivity contribution >= 4 is 34.7 Å². The maximum absolute atomic E-state index is 13.3. The first-order chi connectivity index (χ1) is 14.9. The van der Waals surface area contributed by atoms with Gasteiger partial charge in [-0.25, -0.2) is 0 Å². The van der Waals surface area contributed by atoms with Crippen LogP contribution < -0.4 is 20.0 Å². The summed E-state index contributed by atoms with van der Waals surface area (Å²) in [7, 11) is 0. The number of hydrogen-bond acceptors (Lipinski definition) is 4. The molecule has 0 bridgehead atoms. The molecule has 162 valence electrons. The predicted octanol–water partition coefficient (Wildman–Crippen LogP) is 1.36. The number of fused-ring (bicyclic) bond motifs is 1. The van der Waals surface area contributed by atoms with E-state index in [1.807, 2.05) is 55.5 Å². The minimum absolute atomic E-state index is 0.0470. The number of hydrogen-bond donors (Lipinski definition) is 2. The van der Waals surface area contributed by atoms with Crippen LogP contribution in [0.1, 0.15) is 30.6 Å². The van der Waals surface area contributed by atoms with E-state index in [-0.39, 0.29) is 23.6 Å². The third kappa shape index (κ3) is 4.61. The molecule has 7 heteroatoms. The lowest BCUT2D eigenvalue weighted by Crippen LogP contribution is -3.16. The standard InChI is InChI=1S/C24H28N4O3/c1-17-15-23(30)25-21-5-3-4-6-22(21)28(17)24(31)16-26-11-13-27(14-12-26)20-9-7-19(8-10-20)18(2)29/h3-10,17H,11-16H2,1-2H3,(H,25,30)/p+1/t17-/m1/s1. The molecule has 2 aliphatic rings. The van der Waals surface area contributed by atoms with Crippen LogP contribution in [0, 0.1) is 0 Å². The molecule has 0 aromatic heterocycles. The van der Waals surface area contributed by atoms with Gasteiger partial charge in [-0.1, -0.05) is 12.1 Å². The van der Waals surface area contributed by atoms with Crippen molar-refractivity contribution in [3.05, 3.63) is 54.1 Å². The van der Waals surface area contributed by atoms with Gasteiger partial charge in [0.05, 0.1) is 37.6 Å². The van der Waals surface area contributed by atoms with Gasteiger partial charge in [0.2, 0.25) is 5.91 Å². The van der Waals surface area contributed by atoms with Crippen molar-refractivity contribution in [3.8, 4) is 0 Å². The molecule has 0 spiro atoms. The Labute approximate surface area is 182 Å². The number of amides is 2. The van der Waals surface area contributed by atoms with Gasteiger partial charge in [0.15, 0.2) is 12.3 Å². The van der Waals surface area contributed by atoms with Crippen LogP contribution in [0.25, 0.3) is 0 Å². The molecule has 2 aromatic carbocycles. The molecule has 31 heavy (non-hydrogen) atoms. The van der Waals surface area contributed by atoms with Gasteiger partial charge in [0, 0.05) is 23.7 Å². The molecular formula is C24H29N4O3+. The number of carbonyl (C=O) groups is 3. The summed E-state index contributed by atoms with van der Waals surface area (Å²) in [6, 6.07) is 15.0. The molecular weight excluding hydrogens is 392 g/mol. The summed E-state index contributed by atoms with van der Waals surface area (Å²) >= 11 is 0. The zero-order chi connectivity index (χ0) is 22.0. The molecule has 0 radical (unpaired) electrons. The highest BCUT2D eigenvalue weighted by atomic mass is 16.2. The fourth-order valence-corrected chi connectivity index (χ4v) is 4.43. The molecule has 4 rings (SSSR count). The molecule has 2 aliphatic heterocycles. The SMILES string of the molecule is CC(=O)c1ccc(N2CC[NH+](CC(=O)N3c4ccccc4NC(=O)C[C@H]3C)CC2)cc1. The summed E-state index contributed by atoms with van der Waals surface area (Å²) in [5.41, 5.74) is 3.29. The summed E-state index contributed by atoms with van der Waals surface area (Å²) < 4.78 is 0. The number of rotatable bonds is 4. The molecule has 1 saturated heterocycles. The fourth-order valence-electron chi connectivity index (χ4n) is 4.43. The molecule has 7 nitrogen and oxygen atoms in total. The first-order valence-corrected chi connectivity index (χ1v) is 10.8. The van der Waals surface area contributed by atoms with Crippen molar-refractivity contribution < 1.29 is 19.3 Å². The van der Waals surface area contributed by atoms with Crippen molar-refractivity contribution in [1.82, 2.24) is 0 Å². The number of carbonyl (C=O) groups excluding carboxylic acids is 3. The van der Waals surface area contributed by atoms with Gasteiger partial charge in [0.25, 0.3) is 5.91 Å². The monoisotopic (exact) mass is 421 g/mol. The Balaban J connectivity index is 1.40. The number of benzene rings is 2. The molecule has 1 fully saturated rings. The zero-order valence-corrected chi connectivity index (χ0v) is 18.1. The highest BCUT2D eigenvalue weighted by Crippen LogP contribution is 2.31. The largest absolute Gasteiger partial charge is 0.360 e. The molecule has 0 saturated carbocycles. The van der Waals surface area contributed by atoms with Crippen LogP contribution >= 0.6 is 0 Å². The number of para-hydroxylation sites is 2. The number of nitrogens with one attached hydrogen (secondary N) is 2. The van der Waals surface area contributed by atoms with E-state index in [1.165, 1.54) is 4.90 Å². The van der Waals surface area contributed by atoms with Crippen molar-refractivity contribution in [2.45, 2.75) is 26.3 Å². The molecule has 2 aromatic rings. The minimum Gasteiger partial charge on any atom is -0.360 e. The van der Waals surface area contributed by atoms with E-state index in [0.717, 1.165) is 43.1 Å². The van der Waals surface area contributed by atoms with Crippen LogP contribution in [0.5, 0.6) is 0 Å². The van der Waals surface area contributed by atoms with Gasteiger partial charge in [-0.15, -0.1) is 0 Å². The number of anilines is 3. The average molecular weight is 422 g/mol. The lowest BCUT2D eigenvalue weighted by Gasteiger charge is -2.35. The Morgan fingerprint density at radius 1 is 1.06 bits per heavy atom. The Bertz CT molecular complexity index is 981. The van der Waals surface area contributed by atoms with Gasteiger partial charge >= 0.3 is 0 Å². The summed E-state index contributed by atoms with van der Waals surface area (Å²) in [5, 5.41) is 2.91. The number of quaternary nitrogens is 1. The zero-order valence-electron chi connectivity index (χ0n) is 18.1. The Morgan fingerprint density at radius 3 is 2.42 bits per heavy atom. The number of nitrogens with zero attached hydrogens (tertiary/aromatic N) is 2. The van der Waals surface area contributed by atoms with Crippen molar-refractivity contribution in [1.29, 1.82) is 0 Å². The first-order valence-electron chi connectivity index (χ1n) is 10.8. The summed E-state index contributed by atoms with van der Waals surface area (Å²) in [4.78, 5) is 42.2. The lowest BCUT2D eigenvalue weighted by atomic mass is 10.1. The highest BCUT2D eigenvalue weighted by molar-refractivity contribution is 6.04. The molecule has 2 heterocycles. The maximum atomic E-state index is 13.3. The lowest BCUT2D eigenvalue weighted by molar-refractivity contribution is -0.892. The van der Waals surface area contributed by atoms with E-state index in [9.17, 15) is 14.4 Å². The number of ketones is 1. The third-order valence-corrected chi connectivity index (χ3v) is 6.14. The molecule has 0 unspecified atom stereocenters. The second kappa shape index (κ2) is 8.89. The van der Waals surface area contributed by atoms with Crippen molar-refractivity contribution in [3.63, 3.8) is 0 Å². The van der Waals surface area contributed by atoms with E-state index in [4.69, 9.17) is 0 Å². The first kappa shape index (κ1) is 21.1. The van der Waals surface area contributed by atoms with E-state index in [1.54, 1.807) is 11.8 Å². The van der Waals surface area contributed by atoms with E-state index < -0.39 is 0 Å². The van der Waals surface area contributed by atoms with E-state index >= 15 is 0 Å². The average Bonchev–Trinajstić information content (AvgIpc) is 2.88. The van der Waals surface area contributed by atoms with Crippen LogP contribution in [0.15, 0.2) is 48.5 Å². The van der Waals surface area contributed by atoms with Crippen LogP contribution in [0.2, 0.25) is 0 Å². The Morgan fingerprint density at radius 2 is 1.74 bits per heavy atom. The number of piperazine rings is 1. The summed E-state index contributed by atoms with van der Waals surface area (Å²) in [6.45, 7) is 7.34. The quantitative estimate of drug-likeness (QED) is 0.731. The Kier molecular flexibility index (Phi) is 6.04. The van der Waals surface area contributed by atoms with Gasteiger partial charge in [0.1, 0.15) is 0 Å². The van der Waals surface area contributed by atoms with Gasteiger partial charge in [-0.3, -0.25) is 14.4 Å². The van der Waals surface area contributed by atoms with Gasteiger partial charge in [-0.2, -0.15) is 0 Å². The molecule has 2 amide bonds. The van der Waals surface area contributed by atoms with Crippen molar-refractivity contribution in [2.75, 3.05) is 47.8 Å². The second-order valence-corrected chi connectivity index (χ2v) is 8.40. The topological polar surface area (TPSA) is 74.2 Å². The molecule has 1 atom stereocenters. The van der Waals surface area contributed by atoms with Gasteiger partial charge < -0.3 is 20.0 Å². The fraction of sp³-hybridized carbons (Fsp3) is 0.375.